The third-order valence-corrected chi connectivity index (χ3v) is 4.59. The third-order valence-electron chi connectivity index (χ3n) is 4.59. The van der Waals surface area contributed by atoms with Gasteiger partial charge in [0, 0.05) is 5.56 Å². The van der Waals surface area contributed by atoms with Gasteiger partial charge in [-0.2, -0.15) is 0 Å². The number of aldehydes is 1. The fraction of sp³-hybridized carbons (Fsp3) is 0.588. The second kappa shape index (κ2) is 4.96. The van der Waals surface area contributed by atoms with Crippen LogP contribution in [0.25, 0.3) is 0 Å². The van der Waals surface area contributed by atoms with E-state index in [0.29, 0.717) is 5.56 Å². The van der Waals surface area contributed by atoms with E-state index in [1.54, 1.807) is 0 Å². The van der Waals surface area contributed by atoms with E-state index < -0.39 is 18.3 Å². The second-order valence-electron chi connectivity index (χ2n) is 7.80. The molecule has 1 aliphatic heterocycles. The Balaban J connectivity index is 2.40. The summed E-state index contributed by atoms with van der Waals surface area (Å²) in [7, 11) is -0.496. The first-order chi connectivity index (χ1) is 9.48. The van der Waals surface area contributed by atoms with E-state index in [2.05, 4.69) is 20.8 Å². The molecular weight excluding hydrogens is 263 g/mol. The lowest BCUT2D eigenvalue weighted by Gasteiger charge is -2.32. The fourth-order valence-corrected chi connectivity index (χ4v) is 2.33. The van der Waals surface area contributed by atoms with Crippen molar-refractivity contribution in [2.24, 2.45) is 0 Å². The molecule has 0 aromatic heterocycles. The largest absolute Gasteiger partial charge is 0.495 e. The topological polar surface area (TPSA) is 35.5 Å². The summed E-state index contributed by atoms with van der Waals surface area (Å²) in [6.45, 7) is 14.4. The molecule has 1 aromatic rings. The van der Waals surface area contributed by atoms with Crippen LogP contribution in [0, 0.1) is 0 Å². The summed E-state index contributed by atoms with van der Waals surface area (Å²) >= 11 is 0. The van der Waals surface area contributed by atoms with Crippen LogP contribution in [-0.4, -0.2) is 24.6 Å². The lowest BCUT2D eigenvalue weighted by Crippen LogP contribution is -2.41. The number of carbonyl (C=O) groups is 1. The van der Waals surface area contributed by atoms with Crippen LogP contribution in [0.2, 0.25) is 0 Å². The quantitative estimate of drug-likeness (QED) is 0.619. The highest BCUT2D eigenvalue weighted by molar-refractivity contribution is 6.63. The highest BCUT2D eigenvalue weighted by Gasteiger charge is 2.52. The van der Waals surface area contributed by atoms with Crippen molar-refractivity contribution < 1.29 is 14.1 Å². The summed E-state index contributed by atoms with van der Waals surface area (Å²) in [5.74, 6) is 0. The first-order valence-electron chi connectivity index (χ1n) is 7.43. The summed E-state index contributed by atoms with van der Waals surface area (Å²) in [5.41, 5.74) is 1.77. The van der Waals surface area contributed by atoms with Crippen molar-refractivity contribution >= 4 is 18.9 Å². The van der Waals surface area contributed by atoms with E-state index in [0.717, 1.165) is 17.3 Å². The summed E-state index contributed by atoms with van der Waals surface area (Å²) < 4.78 is 12.1. The summed E-state index contributed by atoms with van der Waals surface area (Å²) in [5, 5.41) is 0. The first-order valence-corrected chi connectivity index (χ1v) is 7.43. The van der Waals surface area contributed by atoms with E-state index in [1.807, 2.05) is 45.9 Å². The molecule has 0 spiro atoms. The molecule has 0 unspecified atom stereocenters. The highest BCUT2D eigenvalue weighted by Crippen LogP contribution is 2.36. The van der Waals surface area contributed by atoms with E-state index >= 15 is 0 Å². The van der Waals surface area contributed by atoms with Gasteiger partial charge in [-0.1, -0.05) is 32.9 Å². The molecule has 0 amide bonds. The fourth-order valence-electron chi connectivity index (χ4n) is 2.33. The van der Waals surface area contributed by atoms with Crippen LogP contribution in [0.15, 0.2) is 18.2 Å². The van der Waals surface area contributed by atoms with Gasteiger partial charge < -0.3 is 9.31 Å². The normalized spacial score (nSPS) is 20.6. The van der Waals surface area contributed by atoms with Gasteiger partial charge in [0.15, 0.2) is 0 Å². The van der Waals surface area contributed by atoms with Gasteiger partial charge in [-0.3, -0.25) is 4.79 Å². The Morgan fingerprint density at radius 3 is 2.00 bits per heavy atom. The number of rotatable bonds is 2. The van der Waals surface area contributed by atoms with Crippen molar-refractivity contribution in [1.29, 1.82) is 0 Å². The van der Waals surface area contributed by atoms with Gasteiger partial charge in [0.05, 0.1) is 11.2 Å². The van der Waals surface area contributed by atoms with Crippen LogP contribution in [0.1, 0.15) is 64.4 Å². The monoisotopic (exact) mass is 288 g/mol. The number of hydrogen-bond acceptors (Lipinski definition) is 3. The van der Waals surface area contributed by atoms with Crippen molar-refractivity contribution in [3.63, 3.8) is 0 Å². The summed E-state index contributed by atoms with van der Waals surface area (Å²) in [6.07, 6.45) is 0.885. The Labute approximate surface area is 128 Å². The van der Waals surface area contributed by atoms with Crippen molar-refractivity contribution in [2.75, 3.05) is 0 Å². The molecule has 3 nitrogen and oxygen atoms in total. The van der Waals surface area contributed by atoms with Crippen molar-refractivity contribution in [3.8, 4) is 0 Å². The van der Waals surface area contributed by atoms with Gasteiger partial charge in [0.2, 0.25) is 0 Å². The Kier molecular flexibility index (Phi) is 3.84. The van der Waals surface area contributed by atoms with E-state index in [4.69, 9.17) is 9.31 Å². The molecule has 114 valence electrons. The maximum absolute atomic E-state index is 11.5. The Hall–Kier alpha value is -1.13. The molecule has 2 rings (SSSR count). The van der Waals surface area contributed by atoms with Crippen molar-refractivity contribution in [1.82, 2.24) is 0 Å². The van der Waals surface area contributed by atoms with Crippen molar-refractivity contribution in [3.05, 3.63) is 29.3 Å². The molecular formula is C17H25BO3. The van der Waals surface area contributed by atoms with Gasteiger partial charge >= 0.3 is 7.12 Å². The SMILES string of the molecule is CC(C)(C)c1ccc(B2OC(C)(C)C(C)(C)O2)c(C=O)c1. The molecule has 1 aromatic carbocycles. The molecule has 21 heavy (non-hydrogen) atoms. The minimum Gasteiger partial charge on any atom is -0.399 e. The van der Waals surface area contributed by atoms with Crippen LogP contribution in [0.5, 0.6) is 0 Å². The molecule has 0 atom stereocenters. The predicted molar refractivity (Wildman–Crippen MR) is 86.2 cm³/mol. The number of hydrogen-bond donors (Lipinski definition) is 0. The van der Waals surface area contributed by atoms with Crippen molar-refractivity contribution in [2.45, 2.75) is 65.1 Å². The number of carbonyl (C=O) groups excluding carboxylic acids is 1. The lowest BCUT2D eigenvalue weighted by atomic mass is 9.74. The minimum atomic E-state index is -0.496. The van der Waals surface area contributed by atoms with Crippen LogP contribution >= 0.6 is 0 Å². The summed E-state index contributed by atoms with van der Waals surface area (Å²) in [6, 6.07) is 5.94. The highest BCUT2D eigenvalue weighted by atomic mass is 16.7. The number of benzene rings is 1. The molecule has 1 heterocycles. The molecule has 0 bridgehead atoms. The van der Waals surface area contributed by atoms with Crippen LogP contribution in [0.3, 0.4) is 0 Å². The molecule has 0 aliphatic carbocycles. The zero-order valence-corrected chi connectivity index (χ0v) is 14.1. The van der Waals surface area contributed by atoms with Gasteiger partial charge in [-0.05, 0) is 50.2 Å². The standard InChI is InChI=1S/C17H25BO3/c1-15(2,3)13-8-9-14(12(10-13)11-19)18-20-16(4,5)17(6,7)21-18/h8-11H,1-7H3. The predicted octanol–water partition coefficient (Wildman–Crippen LogP) is 3.10. The molecule has 1 saturated heterocycles. The zero-order valence-electron chi connectivity index (χ0n) is 14.1. The van der Waals surface area contributed by atoms with Gasteiger partial charge in [0.1, 0.15) is 6.29 Å². The second-order valence-corrected chi connectivity index (χ2v) is 7.80. The Morgan fingerprint density at radius 1 is 1.05 bits per heavy atom. The van der Waals surface area contributed by atoms with E-state index in [1.165, 1.54) is 0 Å². The molecule has 0 N–H and O–H groups in total. The average Bonchev–Trinajstić information content (AvgIpc) is 2.56. The van der Waals surface area contributed by atoms with Crippen LogP contribution in [0.4, 0.5) is 0 Å². The van der Waals surface area contributed by atoms with Gasteiger partial charge in [-0.15, -0.1) is 0 Å². The lowest BCUT2D eigenvalue weighted by molar-refractivity contribution is 0.00578. The average molecular weight is 288 g/mol. The minimum absolute atomic E-state index is 0.00617. The summed E-state index contributed by atoms with van der Waals surface area (Å²) in [4.78, 5) is 11.5. The maximum Gasteiger partial charge on any atom is 0.495 e. The first kappa shape index (κ1) is 16.2. The smallest absolute Gasteiger partial charge is 0.399 e. The molecule has 1 aliphatic rings. The van der Waals surface area contributed by atoms with E-state index in [-0.39, 0.29) is 5.41 Å². The zero-order chi connectivity index (χ0) is 16.1. The van der Waals surface area contributed by atoms with E-state index in [9.17, 15) is 4.79 Å². The third kappa shape index (κ3) is 2.92. The Morgan fingerprint density at radius 2 is 1.57 bits per heavy atom. The van der Waals surface area contributed by atoms with Crippen LogP contribution < -0.4 is 5.46 Å². The molecule has 0 saturated carbocycles. The molecule has 0 radical (unpaired) electrons. The Bertz CT molecular complexity index is 540. The van der Waals surface area contributed by atoms with Crippen LogP contribution in [-0.2, 0) is 14.7 Å². The molecule has 4 heteroatoms. The van der Waals surface area contributed by atoms with Gasteiger partial charge in [0.25, 0.3) is 0 Å². The maximum atomic E-state index is 11.5. The molecule has 1 fully saturated rings. The van der Waals surface area contributed by atoms with Gasteiger partial charge in [-0.25, -0.2) is 0 Å².